The normalized spacial score (nSPS) is 17.2. The molecule has 2 aromatic rings. The second kappa shape index (κ2) is 9.62. The Morgan fingerprint density at radius 3 is 2.47 bits per heavy atom. The van der Waals surface area contributed by atoms with Gasteiger partial charge in [-0.2, -0.15) is 4.31 Å². The van der Waals surface area contributed by atoms with E-state index in [2.05, 4.69) is 0 Å². The predicted octanol–water partition coefficient (Wildman–Crippen LogP) is 2.40. The first-order valence-electron chi connectivity index (χ1n) is 10.5. The molecule has 8 nitrogen and oxygen atoms in total. The number of rotatable bonds is 5. The molecule has 1 fully saturated rings. The Morgan fingerprint density at radius 2 is 1.72 bits per heavy atom. The molecule has 2 heterocycles. The van der Waals surface area contributed by atoms with Crippen molar-refractivity contribution in [3.8, 4) is 17.2 Å². The zero-order valence-corrected chi connectivity index (χ0v) is 18.7. The van der Waals surface area contributed by atoms with Gasteiger partial charge in [0, 0.05) is 50.3 Å². The van der Waals surface area contributed by atoms with Crippen LogP contribution >= 0.6 is 0 Å². The summed E-state index contributed by atoms with van der Waals surface area (Å²) in [6.45, 7) is 2.12. The van der Waals surface area contributed by atoms with Gasteiger partial charge in [-0.15, -0.1) is 0 Å². The Kier molecular flexibility index (Phi) is 6.66. The topological polar surface area (TPSA) is 85.4 Å². The Labute approximate surface area is 188 Å². The van der Waals surface area contributed by atoms with Crippen LogP contribution in [-0.2, 0) is 14.8 Å². The van der Waals surface area contributed by atoms with E-state index in [9.17, 15) is 13.2 Å². The molecule has 2 aliphatic rings. The van der Waals surface area contributed by atoms with Crippen molar-refractivity contribution in [2.75, 3.05) is 46.5 Å². The van der Waals surface area contributed by atoms with Gasteiger partial charge in [0.1, 0.15) is 5.75 Å². The lowest BCUT2D eigenvalue weighted by atomic mass is 10.2. The van der Waals surface area contributed by atoms with Gasteiger partial charge in [-0.1, -0.05) is 18.2 Å². The lowest BCUT2D eigenvalue weighted by Crippen LogP contribution is -2.50. The third-order valence-electron chi connectivity index (χ3n) is 5.45. The standard InChI is InChI=1S/C23H26N2O6S/c1-29-20-6-3-2-5-18(20)7-10-23(26)24-11-13-25(14-12-24)32(27,28)19-8-9-21-22(17-19)31-16-4-15-30-21/h2-3,5-10,17H,4,11-16H2,1H3. The van der Waals surface area contributed by atoms with Gasteiger partial charge < -0.3 is 19.1 Å². The van der Waals surface area contributed by atoms with Crippen LogP contribution in [0.3, 0.4) is 0 Å². The minimum absolute atomic E-state index is 0.163. The number of hydrogen-bond acceptors (Lipinski definition) is 6. The van der Waals surface area contributed by atoms with E-state index >= 15 is 0 Å². The number of fused-ring (bicyclic) bond motifs is 1. The number of sulfonamides is 1. The molecule has 0 N–H and O–H groups in total. The van der Waals surface area contributed by atoms with Crippen molar-refractivity contribution in [3.05, 3.63) is 54.1 Å². The molecule has 1 saturated heterocycles. The van der Waals surface area contributed by atoms with Gasteiger partial charge in [0.15, 0.2) is 11.5 Å². The van der Waals surface area contributed by atoms with Gasteiger partial charge in [0.25, 0.3) is 0 Å². The zero-order chi connectivity index (χ0) is 22.6. The van der Waals surface area contributed by atoms with Crippen LogP contribution in [0.4, 0.5) is 0 Å². The highest BCUT2D eigenvalue weighted by Gasteiger charge is 2.30. The summed E-state index contributed by atoms with van der Waals surface area (Å²) in [7, 11) is -2.11. The molecule has 2 aliphatic heterocycles. The van der Waals surface area contributed by atoms with Crippen molar-refractivity contribution in [1.82, 2.24) is 9.21 Å². The van der Waals surface area contributed by atoms with E-state index in [1.807, 2.05) is 24.3 Å². The van der Waals surface area contributed by atoms with Gasteiger partial charge in [-0.05, 0) is 24.3 Å². The Morgan fingerprint density at radius 1 is 1.00 bits per heavy atom. The van der Waals surface area contributed by atoms with Crippen molar-refractivity contribution in [3.63, 3.8) is 0 Å². The molecular formula is C23H26N2O6S. The molecule has 4 rings (SSSR count). The summed E-state index contributed by atoms with van der Waals surface area (Å²) in [6.07, 6.45) is 3.95. The Bertz CT molecular complexity index is 1110. The summed E-state index contributed by atoms with van der Waals surface area (Å²) in [4.78, 5) is 14.4. The van der Waals surface area contributed by atoms with Gasteiger partial charge in [-0.3, -0.25) is 4.79 Å². The monoisotopic (exact) mass is 458 g/mol. The molecule has 170 valence electrons. The van der Waals surface area contributed by atoms with Crippen molar-refractivity contribution in [2.45, 2.75) is 11.3 Å². The third-order valence-corrected chi connectivity index (χ3v) is 7.35. The van der Waals surface area contributed by atoms with Crippen LogP contribution in [0.5, 0.6) is 17.2 Å². The molecule has 0 aliphatic carbocycles. The second-order valence-corrected chi connectivity index (χ2v) is 9.40. The largest absolute Gasteiger partial charge is 0.496 e. The van der Waals surface area contributed by atoms with E-state index in [-0.39, 0.29) is 23.9 Å². The molecule has 0 spiro atoms. The van der Waals surface area contributed by atoms with Crippen LogP contribution in [0.2, 0.25) is 0 Å². The van der Waals surface area contributed by atoms with E-state index in [0.717, 1.165) is 12.0 Å². The summed E-state index contributed by atoms with van der Waals surface area (Å²) < 4.78 is 44.1. The maximum Gasteiger partial charge on any atom is 0.246 e. The van der Waals surface area contributed by atoms with Crippen LogP contribution in [0, 0.1) is 0 Å². The maximum absolute atomic E-state index is 13.1. The van der Waals surface area contributed by atoms with Gasteiger partial charge in [-0.25, -0.2) is 8.42 Å². The van der Waals surface area contributed by atoms with Crippen LogP contribution in [0.15, 0.2) is 53.4 Å². The molecule has 2 aromatic carbocycles. The average molecular weight is 459 g/mol. The van der Waals surface area contributed by atoms with E-state index in [1.54, 1.807) is 24.2 Å². The van der Waals surface area contributed by atoms with Crippen LogP contribution < -0.4 is 14.2 Å². The molecule has 0 aromatic heterocycles. The number of methoxy groups -OCH3 is 1. The van der Waals surface area contributed by atoms with E-state index in [0.29, 0.717) is 43.6 Å². The van der Waals surface area contributed by atoms with Crippen molar-refractivity contribution < 1.29 is 27.4 Å². The number of hydrogen-bond donors (Lipinski definition) is 0. The smallest absolute Gasteiger partial charge is 0.246 e. The lowest BCUT2D eigenvalue weighted by Gasteiger charge is -2.33. The number of carbonyl (C=O) groups is 1. The van der Waals surface area contributed by atoms with Crippen molar-refractivity contribution >= 4 is 22.0 Å². The first-order chi connectivity index (χ1) is 15.5. The molecule has 0 saturated carbocycles. The van der Waals surface area contributed by atoms with Gasteiger partial charge in [0.05, 0.1) is 25.2 Å². The molecule has 0 atom stereocenters. The third kappa shape index (κ3) is 4.73. The quantitative estimate of drug-likeness (QED) is 0.640. The first kappa shape index (κ1) is 22.2. The fourth-order valence-corrected chi connectivity index (χ4v) is 5.11. The fourth-order valence-electron chi connectivity index (χ4n) is 3.67. The molecule has 0 radical (unpaired) electrons. The van der Waals surface area contributed by atoms with Crippen molar-refractivity contribution in [2.24, 2.45) is 0 Å². The first-order valence-corrected chi connectivity index (χ1v) is 11.9. The number of piperazine rings is 1. The number of ether oxygens (including phenoxy) is 3. The summed E-state index contributed by atoms with van der Waals surface area (Å²) >= 11 is 0. The van der Waals surface area contributed by atoms with Crippen LogP contribution in [-0.4, -0.2) is 70.0 Å². The second-order valence-electron chi connectivity index (χ2n) is 7.46. The number of carbonyl (C=O) groups excluding carboxylic acids is 1. The molecular weight excluding hydrogens is 432 g/mol. The van der Waals surface area contributed by atoms with E-state index in [4.69, 9.17) is 14.2 Å². The van der Waals surface area contributed by atoms with Crippen LogP contribution in [0.1, 0.15) is 12.0 Å². The highest BCUT2D eigenvalue weighted by Crippen LogP contribution is 2.33. The fraction of sp³-hybridized carbons (Fsp3) is 0.348. The predicted molar refractivity (Wildman–Crippen MR) is 119 cm³/mol. The zero-order valence-electron chi connectivity index (χ0n) is 17.9. The Hall–Kier alpha value is -3.04. The van der Waals surface area contributed by atoms with Crippen LogP contribution in [0.25, 0.3) is 6.08 Å². The summed E-state index contributed by atoms with van der Waals surface area (Å²) in [5, 5.41) is 0. The molecule has 32 heavy (non-hydrogen) atoms. The number of amides is 1. The van der Waals surface area contributed by atoms with E-state index in [1.165, 1.54) is 22.5 Å². The molecule has 9 heteroatoms. The summed E-state index contributed by atoms with van der Waals surface area (Å²) in [5.74, 6) is 1.52. The number of para-hydroxylation sites is 1. The average Bonchev–Trinajstić information content (AvgIpc) is 3.07. The Balaban J connectivity index is 1.40. The summed E-state index contributed by atoms with van der Waals surface area (Å²) in [5.41, 5.74) is 0.805. The minimum Gasteiger partial charge on any atom is -0.496 e. The van der Waals surface area contributed by atoms with Gasteiger partial charge in [0.2, 0.25) is 15.9 Å². The highest BCUT2D eigenvalue weighted by molar-refractivity contribution is 7.89. The molecule has 0 bridgehead atoms. The molecule has 1 amide bonds. The number of nitrogens with zero attached hydrogens (tertiary/aromatic N) is 2. The SMILES string of the molecule is COc1ccccc1C=CC(=O)N1CCN(S(=O)(=O)c2ccc3c(c2)OCCCO3)CC1. The molecule has 0 unspecified atom stereocenters. The lowest BCUT2D eigenvalue weighted by molar-refractivity contribution is -0.127. The minimum atomic E-state index is -3.70. The summed E-state index contributed by atoms with van der Waals surface area (Å²) in [6, 6.07) is 12.1. The maximum atomic E-state index is 13.1. The highest BCUT2D eigenvalue weighted by atomic mass is 32.2. The van der Waals surface area contributed by atoms with Gasteiger partial charge >= 0.3 is 0 Å². The number of benzene rings is 2. The van der Waals surface area contributed by atoms with E-state index < -0.39 is 10.0 Å². The van der Waals surface area contributed by atoms with Crippen molar-refractivity contribution in [1.29, 1.82) is 0 Å².